The summed E-state index contributed by atoms with van der Waals surface area (Å²) in [6.45, 7) is 8.55. The number of nitrogens with zero attached hydrogens (tertiary/aromatic N) is 1. The molecule has 0 saturated carbocycles. The van der Waals surface area contributed by atoms with Crippen LogP contribution in [0.1, 0.15) is 58.4 Å². The highest BCUT2D eigenvalue weighted by Gasteiger charge is 2.25. The number of aliphatic hydroxyl groups is 1. The van der Waals surface area contributed by atoms with Crippen molar-refractivity contribution in [1.29, 1.82) is 0 Å². The van der Waals surface area contributed by atoms with Crippen molar-refractivity contribution in [3.05, 3.63) is 29.8 Å². The number of carbonyl (C=O) groups excluding carboxylic acids is 1. The molecule has 1 aromatic rings. The van der Waals surface area contributed by atoms with Crippen molar-refractivity contribution in [2.24, 2.45) is 5.92 Å². The van der Waals surface area contributed by atoms with E-state index in [-0.39, 0.29) is 17.9 Å². The molecule has 1 aliphatic rings. The highest BCUT2D eigenvalue weighted by atomic mass is 16.5. The Hall–Kier alpha value is -1.59. The largest absolute Gasteiger partial charge is 0.497 e. The molecule has 1 saturated heterocycles. The molecular weight excluding hydrogens is 340 g/mol. The lowest BCUT2D eigenvalue weighted by Crippen LogP contribution is -2.43. The fourth-order valence-corrected chi connectivity index (χ4v) is 3.62. The third-order valence-electron chi connectivity index (χ3n) is 5.34. The van der Waals surface area contributed by atoms with Crippen LogP contribution in [-0.2, 0) is 11.3 Å². The van der Waals surface area contributed by atoms with E-state index in [1.165, 1.54) is 5.56 Å². The Labute approximate surface area is 164 Å². The molecule has 27 heavy (non-hydrogen) atoms. The molecule has 152 valence electrons. The van der Waals surface area contributed by atoms with Gasteiger partial charge >= 0.3 is 0 Å². The SMILES string of the molecule is COc1ccc(CN2CCC(C(=O)NC(C)CCCC(C)(C)O)CC2)cc1. The van der Waals surface area contributed by atoms with Crippen LogP contribution in [0.25, 0.3) is 0 Å². The Balaban J connectivity index is 1.68. The quantitative estimate of drug-likeness (QED) is 0.694. The predicted octanol–water partition coefficient (Wildman–Crippen LogP) is 3.35. The lowest BCUT2D eigenvalue weighted by atomic mass is 9.94. The van der Waals surface area contributed by atoms with Gasteiger partial charge in [0, 0.05) is 18.5 Å². The first-order valence-electron chi connectivity index (χ1n) is 10.1. The van der Waals surface area contributed by atoms with Gasteiger partial charge in [-0.1, -0.05) is 12.1 Å². The monoisotopic (exact) mass is 376 g/mol. The van der Waals surface area contributed by atoms with E-state index in [4.69, 9.17) is 4.74 Å². The molecule has 0 aliphatic carbocycles. The summed E-state index contributed by atoms with van der Waals surface area (Å²) in [4.78, 5) is 14.9. The molecule has 1 aromatic carbocycles. The first kappa shape index (κ1) is 21.7. The van der Waals surface area contributed by atoms with E-state index in [0.29, 0.717) is 0 Å². The molecule has 0 spiro atoms. The van der Waals surface area contributed by atoms with E-state index in [1.807, 2.05) is 26.0 Å². The molecule has 0 aromatic heterocycles. The molecule has 1 amide bonds. The molecule has 2 rings (SSSR count). The molecule has 1 fully saturated rings. The molecule has 0 bridgehead atoms. The lowest BCUT2D eigenvalue weighted by Gasteiger charge is -2.32. The van der Waals surface area contributed by atoms with Crippen molar-refractivity contribution in [2.75, 3.05) is 20.2 Å². The van der Waals surface area contributed by atoms with Gasteiger partial charge in [-0.05, 0) is 83.7 Å². The van der Waals surface area contributed by atoms with Crippen LogP contribution < -0.4 is 10.1 Å². The molecule has 1 aliphatic heterocycles. The first-order chi connectivity index (χ1) is 12.8. The standard InChI is InChI=1S/C22H36N2O3/c1-17(6-5-13-22(2,3)26)23-21(25)19-11-14-24(15-12-19)16-18-7-9-20(27-4)10-8-18/h7-10,17,19,26H,5-6,11-16H2,1-4H3,(H,23,25). The van der Waals surface area contributed by atoms with Crippen LogP contribution in [0.4, 0.5) is 0 Å². The minimum Gasteiger partial charge on any atom is -0.497 e. The Bertz CT molecular complexity index is 572. The Morgan fingerprint density at radius 2 is 1.93 bits per heavy atom. The number of hydrogen-bond donors (Lipinski definition) is 2. The molecule has 2 N–H and O–H groups in total. The van der Waals surface area contributed by atoms with Crippen LogP contribution in [0.2, 0.25) is 0 Å². The van der Waals surface area contributed by atoms with E-state index in [9.17, 15) is 9.90 Å². The number of ether oxygens (including phenoxy) is 1. The summed E-state index contributed by atoms with van der Waals surface area (Å²) < 4.78 is 5.20. The zero-order valence-electron chi connectivity index (χ0n) is 17.3. The number of piperidine rings is 1. The van der Waals surface area contributed by atoms with Crippen LogP contribution in [0.15, 0.2) is 24.3 Å². The minimum absolute atomic E-state index is 0.119. The van der Waals surface area contributed by atoms with E-state index >= 15 is 0 Å². The van der Waals surface area contributed by atoms with Crippen molar-refractivity contribution in [3.8, 4) is 5.75 Å². The molecule has 5 nitrogen and oxygen atoms in total. The van der Waals surface area contributed by atoms with E-state index < -0.39 is 5.60 Å². The average molecular weight is 377 g/mol. The highest BCUT2D eigenvalue weighted by Crippen LogP contribution is 2.21. The van der Waals surface area contributed by atoms with Gasteiger partial charge < -0.3 is 15.2 Å². The number of methoxy groups -OCH3 is 1. The van der Waals surface area contributed by atoms with Gasteiger partial charge in [-0.3, -0.25) is 9.69 Å². The zero-order chi connectivity index (χ0) is 19.9. The second kappa shape index (κ2) is 10.1. The highest BCUT2D eigenvalue weighted by molar-refractivity contribution is 5.79. The van der Waals surface area contributed by atoms with Crippen LogP contribution >= 0.6 is 0 Å². The van der Waals surface area contributed by atoms with Gasteiger partial charge in [-0.2, -0.15) is 0 Å². The number of hydrogen-bond acceptors (Lipinski definition) is 4. The van der Waals surface area contributed by atoms with Crippen molar-refractivity contribution in [1.82, 2.24) is 10.2 Å². The number of likely N-dealkylation sites (tertiary alicyclic amines) is 1. The van der Waals surface area contributed by atoms with Gasteiger partial charge in [0.25, 0.3) is 0 Å². The van der Waals surface area contributed by atoms with E-state index in [2.05, 4.69) is 29.3 Å². The molecule has 1 heterocycles. The molecular formula is C22H36N2O3. The molecule has 5 heteroatoms. The number of rotatable bonds is 9. The zero-order valence-corrected chi connectivity index (χ0v) is 17.3. The third-order valence-corrected chi connectivity index (χ3v) is 5.34. The maximum absolute atomic E-state index is 12.5. The van der Waals surface area contributed by atoms with Crippen molar-refractivity contribution in [3.63, 3.8) is 0 Å². The van der Waals surface area contributed by atoms with Crippen LogP contribution in [0, 0.1) is 5.92 Å². The first-order valence-corrected chi connectivity index (χ1v) is 10.1. The Kier molecular flexibility index (Phi) is 8.11. The van der Waals surface area contributed by atoms with Crippen molar-refractivity contribution in [2.45, 2.75) is 71.1 Å². The summed E-state index contributed by atoms with van der Waals surface area (Å²) in [5, 5.41) is 12.9. The molecule has 1 atom stereocenters. The van der Waals surface area contributed by atoms with Crippen LogP contribution in [0.5, 0.6) is 5.75 Å². The smallest absolute Gasteiger partial charge is 0.223 e. The fourth-order valence-electron chi connectivity index (χ4n) is 3.62. The van der Waals surface area contributed by atoms with Gasteiger partial charge in [0.2, 0.25) is 5.91 Å². The van der Waals surface area contributed by atoms with Crippen molar-refractivity contribution < 1.29 is 14.6 Å². The summed E-state index contributed by atoms with van der Waals surface area (Å²) in [5.41, 5.74) is 0.652. The number of carbonyl (C=O) groups is 1. The van der Waals surface area contributed by atoms with Crippen LogP contribution in [-0.4, -0.2) is 47.8 Å². The topological polar surface area (TPSA) is 61.8 Å². The summed E-state index contributed by atoms with van der Waals surface area (Å²) in [7, 11) is 1.68. The third kappa shape index (κ3) is 7.89. The summed E-state index contributed by atoms with van der Waals surface area (Å²) >= 11 is 0. The van der Waals surface area contributed by atoms with Gasteiger partial charge in [-0.25, -0.2) is 0 Å². The number of amides is 1. The minimum atomic E-state index is -0.625. The Morgan fingerprint density at radius 1 is 1.30 bits per heavy atom. The average Bonchev–Trinajstić information content (AvgIpc) is 2.62. The van der Waals surface area contributed by atoms with Gasteiger partial charge in [0.15, 0.2) is 0 Å². The second-order valence-electron chi connectivity index (χ2n) is 8.51. The van der Waals surface area contributed by atoms with E-state index in [1.54, 1.807) is 7.11 Å². The lowest BCUT2D eigenvalue weighted by molar-refractivity contribution is -0.127. The summed E-state index contributed by atoms with van der Waals surface area (Å²) in [6.07, 6.45) is 4.42. The maximum atomic E-state index is 12.5. The predicted molar refractivity (Wildman–Crippen MR) is 109 cm³/mol. The van der Waals surface area contributed by atoms with Crippen molar-refractivity contribution >= 4 is 5.91 Å². The fraction of sp³-hybridized carbons (Fsp3) is 0.682. The molecule has 0 radical (unpaired) electrons. The molecule has 1 unspecified atom stereocenters. The number of benzene rings is 1. The van der Waals surface area contributed by atoms with E-state index in [0.717, 1.165) is 57.5 Å². The van der Waals surface area contributed by atoms with Crippen LogP contribution in [0.3, 0.4) is 0 Å². The summed E-state index contributed by atoms with van der Waals surface area (Å²) in [5.74, 6) is 1.19. The summed E-state index contributed by atoms with van der Waals surface area (Å²) in [6, 6.07) is 8.36. The van der Waals surface area contributed by atoms with Gasteiger partial charge in [0.05, 0.1) is 12.7 Å². The number of nitrogens with one attached hydrogen (secondary N) is 1. The normalized spacial score (nSPS) is 17.5. The second-order valence-corrected chi connectivity index (χ2v) is 8.51. The van der Waals surface area contributed by atoms with Gasteiger partial charge in [-0.15, -0.1) is 0 Å². The Morgan fingerprint density at radius 3 is 2.48 bits per heavy atom. The van der Waals surface area contributed by atoms with Gasteiger partial charge in [0.1, 0.15) is 5.75 Å². The maximum Gasteiger partial charge on any atom is 0.223 e.